The van der Waals surface area contributed by atoms with Gasteiger partial charge >= 0.3 is 0 Å². The molecule has 178 valence electrons. The number of aliphatic hydroxyl groups excluding tert-OH is 1. The second kappa shape index (κ2) is 11.9. The quantitative estimate of drug-likeness (QED) is 0.572. The molecular weight excluding hydrogens is 416 g/mol. The molecule has 1 aromatic carbocycles. The number of amides is 2. The van der Waals surface area contributed by atoms with Crippen LogP contribution in [0.4, 0.5) is 0 Å². The van der Waals surface area contributed by atoms with Gasteiger partial charge in [0.1, 0.15) is 0 Å². The Balaban J connectivity index is 1.59. The van der Waals surface area contributed by atoms with Crippen molar-refractivity contribution in [1.29, 1.82) is 0 Å². The summed E-state index contributed by atoms with van der Waals surface area (Å²) in [5.74, 6) is 0.269. The molecule has 2 aromatic rings. The monoisotopic (exact) mass is 452 g/mol. The molecule has 2 heterocycles. The van der Waals surface area contributed by atoms with Gasteiger partial charge in [-0.1, -0.05) is 38.1 Å². The summed E-state index contributed by atoms with van der Waals surface area (Å²) in [6, 6.07) is 13.0. The summed E-state index contributed by atoms with van der Waals surface area (Å²) in [6.07, 6.45) is 3.33. The van der Waals surface area contributed by atoms with Crippen LogP contribution in [0.1, 0.15) is 38.7 Å². The Hall–Kier alpha value is -2.77. The highest BCUT2D eigenvalue weighted by molar-refractivity contribution is 5.82. The Morgan fingerprint density at radius 1 is 1.21 bits per heavy atom. The lowest BCUT2D eigenvalue weighted by Crippen LogP contribution is -2.52. The van der Waals surface area contributed by atoms with Crippen molar-refractivity contribution >= 4 is 11.8 Å². The third-order valence-corrected chi connectivity index (χ3v) is 6.11. The van der Waals surface area contributed by atoms with Gasteiger partial charge in [0.15, 0.2) is 0 Å². The van der Waals surface area contributed by atoms with E-state index >= 15 is 0 Å². The summed E-state index contributed by atoms with van der Waals surface area (Å²) >= 11 is 0. The van der Waals surface area contributed by atoms with Gasteiger partial charge in [0.2, 0.25) is 11.8 Å². The zero-order valence-corrected chi connectivity index (χ0v) is 19.8. The molecule has 33 heavy (non-hydrogen) atoms. The Bertz CT molecular complexity index is 919. The van der Waals surface area contributed by atoms with E-state index in [0.717, 1.165) is 29.7 Å². The number of likely N-dealkylation sites (tertiary alicyclic amines) is 1. The molecule has 0 radical (unpaired) electrons. The maximum atomic E-state index is 13.0. The van der Waals surface area contributed by atoms with Crippen molar-refractivity contribution in [2.24, 2.45) is 5.92 Å². The van der Waals surface area contributed by atoms with Crippen LogP contribution in [0.5, 0.6) is 0 Å². The molecule has 3 rings (SSSR count). The van der Waals surface area contributed by atoms with Crippen molar-refractivity contribution in [3.63, 3.8) is 0 Å². The van der Waals surface area contributed by atoms with Crippen LogP contribution in [0.15, 0.2) is 48.7 Å². The van der Waals surface area contributed by atoms with Crippen LogP contribution in [0.2, 0.25) is 0 Å². The number of pyridine rings is 1. The Labute approximate surface area is 196 Å². The first kappa shape index (κ1) is 24.9. The third kappa shape index (κ3) is 7.11. The van der Waals surface area contributed by atoms with Gasteiger partial charge in [-0.2, -0.15) is 0 Å². The van der Waals surface area contributed by atoms with E-state index in [-0.39, 0.29) is 36.9 Å². The molecule has 0 spiro atoms. The molecule has 7 nitrogen and oxygen atoms in total. The standard InChI is InChI=1S/C26H36N4O3/c1-18(2)14-23(27-3)26(33)29-22-11-7-13-30(17-24(22)31)25(32)16-19-8-6-9-20(15-19)21-10-4-5-12-28-21/h4-6,8-10,12,15,18,22-24,27,31H,7,11,13-14,16-17H2,1-3H3,(H,29,33)/t22?,23-,24?/m0/s1. The fourth-order valence-corrected chi connectivity index (χ4v) is 4.30. The van der Waals surface area contributed by atoms with E-state index in [1.165, 1.54) is 0 Å². The van der Waals surface area contributed by atoms with Crippen molar-refractivity contribution in [3.8, 4) is 11.3 Å². The van der Waals surface area contributed by atoms with Crippen LogP contribution in [-0.4, -0.2) is 65.1 Å². The second-order valence-corrected chi connectivity index (χ2v) is 9.23. The van der Waals surface area contributed by atoms with Gasteiger partial charge in [0.25, 0.3) is 0 Å². The summed E-state index contributed by atoms with van der Waals surface area (Å²) in [4.78, 5) is 31.8. The van der Waals surface area contributed by atoms with Crippen LogP contribution in [0.25, 0.3) is 11.3 Å². The number of carbonyl (C=O) groups excluding carboxylic acids is 2. The van der Waals surface area contributed by atoms with Crippen LogP contribution in [0.3, 0.4) is 0 Å². The number of aliphatic hydroxyl groups is 1. The van der Waals surface area contributed by atoms with E-state index < -0.39 is 6.10 Å². The number of rotatable bonds is 8. The zero-order chi connectivity index (χ0) is 23.8. The summed E-state index contributed by atoms with van der Waals surface area (Å²) in [5, 5.41) is 16.8. The van der Waals surface area contributed by atoms with Gasteiger partial charge < -0.3 is 20.6 Å². The molecule has 2 unspecified atom stereocenters. The van der Waals surface area contributed by atoms with E-state index in [4.69, 9.17) is 0 Å². The fraction of sp³-hybridized carbons (Fsp3) is 0.500. The maximum Gasteiger partial charge on any atom is 0.237 e. The van der Waals surface area contributed by atoms with E-state index in [1.54, 1.807) is 18.1 Å². The minimum absolute atomic E-state index is 0.0212. The molecule has 1 saturated heterocycles. The van der Waals surface area contributed by atoms with Crippen molar-refractivity contribution in [3.05, 3.63) is 54.2 Å². The summed E-state index contributed by atoms with van der Waals surface area (Å²) < 4.78 is 0. The smallest absolute Gasteiger partial charge is 0.237 e. The number of likely N-dealkylation sites (N-methyl/N-ethyl adjacent to an activating group) is 1. The summed E-state index contributed by atoms with van der Waals surface area (Å²) in [5.41, 5.74) is 2.75. The van der Waals surface area contributed by atoms with Crippen LogP contribution in [0, 0.1) is 5.92 Å². The lowest BCUT2D eigenvalue weighted by molar-refractivity contribution is -0.131. The molecule has 2 amide bonds. The largest absolute Gasteiger partial charge is 0.389 e. The SMILES string of the molecule is CN[C@@H](CC(C)C)C(=O)NC1CCCN(C(=O)Cc2cccc(-c3ccccn3)c2)CC1O. The molecule has 1 aliphatic heterocycles. The minimum Gasteiger partial charge on any atom is -0.389 e. The highest BCUT2D eigenvalue weighted by Gasteiger charge is 2.30. The number of nitrogens with one attached hydrogen (secondary N) is 2. The molecule has 1 fully saturated rings. The van der Waals surface area contributed by atoms with Crippen molar-refractivity contribution in [2.75, 3.05) is 20.1 Å². The Morgan fingerprint density at radius 3 is 2.73 bits per heavy atom. The predicted octanol–water partition coefficient (Wildman–Crippen LogP) is 2.39. The number of nitrogens with zero attached hydrogens (tertiary/aromatic N) is 2. The lowest BCUT2D eigenvalue weighted by Gasteiger charge is -2.27. The van der Waals surface area contributed by atoms with Crippen molar-refractivity contribution in [1.82, 2.24) is 20.5 Å². The van der Waals surface area contributed by atoms with Crippen LogP contribution in [-0.2, 0) is 16.0 Å². The first-order chi connectivity index (χ1) is 15.9. The molecule has 3 N–H and O–H groups in total. The van der Waals surface area contributed by atoms with E-state index in [9.17, 15) is 14.7 Å². The first-order valence-corrected chi connectivity index (χ1v) is 11.8. The average Bonchev–Trinajstić information content (AvgIpc) is 2.99. The minimum atomic E-state index is -0.795. The van der Waals surface area contributed by atoms with Crippen molar-refractivity contribution < 1.29 is 14.7 Å². The van der Waals surface area contributed by atoms with Crippen molar-refractivity contribution in [2.45, 2.75) is 57.7 Å². The second-order valence-electron chi connectivity index (χ2n) is 9.23. The average molecular weight is 453 g/mol. The molecule has 1 aliphatic rings. The number of benzene rings is 1. The zero-order valence-electron chi connectivity index (χ0n) is 19.8. The molecular formula is C26H36N4O3. The first-order valence-electron chi connectivity index (χ1n) is 11.8. The van der Waals surface area contributed by atoms with Gasteiger partial charge in [0.05, 0.1) is 30.3 Å². The third-order valence-electron chi connectivity index (χ3n) is 6.11. The Morgan fingerprint density at radius 2 is 2.03 bits per heavy atom. The highest BCUT2D eigenvalue weighted by atomic mass is 16.3. The molecule has 0 saturated carbocycles. The normalized spacial score (nSPS) is 19.7. The molecule has 0 aliphatic carbocycles. The topological polar surface area (TPSA) is 94.6 Å². The van der Waals surface area contributed by atoms with Gasteiger partial charge in [-0.15, -0.1) is 0 Å². The molecule has 7 heteroatoms. The number of hydrogen-bond acceptors (Lipinski definition) is 5. The number of β-amino-alcohol motifs (C(OH)–C–C–N with tert-alkyl or cyclic N) is 1. The van der Waals surface area contributed by atoms with Gasteiger partial charge in [0, 0.05) is 24.8 Å². The molecule has 3 atom stereocenters. The molecule has 1 aromatic heterocycles. The molecule has 0 bridgehead atoms. The van der Waals surface area contributed by atoms with Crippen LogP contribution < -0.4 is 10.6 Å². The van der Waals surface area contributed by atoms with E-state index in [0.29, 0.717) is 18.9 Å². The maximum absolute atomic E-state index is 13.0. The predicted molar refractivity (Wildman–Crippen MR) is 129 cm³/mol. The van der Waals surface area contributed by atoms with Gasteiger partial charge in [-0.3, -0.25) is 14.6 Å². The fourth-order valence-electron chi connectivity index (χ4n) is 4.30. The van der Waals surface area contributed by atoms with E-state index in [1.807, 2.05) is 42.5 Å². The van der Waals surface area contributed by atoms with E-state index in [2.05, 4.69) is 29.5 Å². The van der Waals surface area contributed by atoms with Crippen LogP contribution >= 0.6 is 0 Å². The Kier molecular flexibility index (Phi) is 8.97. The lowest BCUT2D eigenvalue weighted by atomic mass is 10.0. The number of hydrogen-bond donors (Lipinski definition) is 3. The van der Waals surface area contributed by atoms with Gasteiger partial charge in [-0.25, -0.2) is 0 Å². The van der Waals surface area contributed by atoms with Gasteiger partial charge in [-0.05, 0) is 56.0 Å². The highest BCUT2D eigenvalue weighted by Crippen LogP contribution is 2.19. The number of aromatic nitrogens is 1. The summed E-state index contributed by atoms with van der Waals surface area (Å²) in [6.45, 7) is 4.95. The summed E-state index contributed by atoms with van der Waals surface area (Å²) in [7, 11) is 1.78. The number of carbonyl (C=O) groups is 2.